The first-order valence-electron chi connectivity index (χ1n) is 6.87. The maximum absolute atomic E-state index is 9.34. The number of aromatic nitrogens is 3. The van der Waals surface area contributed by atoms with Gasteiger partial charge in [0.15, 0.2) is 0 Å². The number of nitrogens with two attached hydrogens (primary N) is 1. The summed E-state index contributed by atoms with van der Waals surface area (Å²) < 4.78 is 2.11. The summed E-state index contributed by atoms with van der Waals surface area (Å²) in [7, 11) is 1.00. The summed E-state index contributed by atoms with van der Waals surface area (Å²) in [5, 5.41) is 17.3. The van der Waals surface area contributed by atoms with E-state index < -0.39 is 0 Å². The molecule has 2 heterocycles. The monoisotopic (exact) mass is 280 g/mol. The molecule has 1 aliphatic rings. The third-order valence-electron chi connectivity index (χ3n) is 3.31. The second-order valence-corrected chi connectivity index (χ2v) is 4.46. The topological polar surface area (TPSA) is 97.2 Å². The number of hydrogen-bond donors (Lipinski definition) is 3. The van der Waals surface area contributed by atoms with Gasteiger partial charge in [-0.25, -0.2) is 9.97 Å². The average Bonchev–Trinajstić information content (AvgIpc) is 2.78. The van der Waals surface area contributed by atoms with Crippen LogP contribution in [0.5, 0.6) is 0 Å². The van der Waals surface area contributed by atoms with Crippen LogP contribution in [0.4, 0.5) is 5.82 Å². The van der Waals surface area contributed by atoms with Gasteiger partial charge in [0.2, 0.25) is 0 Å². The van der Waals surface area contributed by atoms with Gasteiger partial charge in [-0.3, -0.25) is 0 Å². The number of aliphatic hydroxyl groups excluding tert-OH is 2. The number of nitrogen functional groups attached to an aromatic ring is 1. The fraction of sp³-hybridized carbons (Fsp3) is 0.571. The van der Waals surface area contributed by atoms with Crippen molar-refractivity contribution in [2.24, 2.45) is 0 Å². The molecule has 0 unspecified atom stereocenters. The Morgan fingerprint density at radius 3 is 2.40 bits per heavy atom. The summed E-state index contributed by atoms with van der Waals surface area (Å²) in [5.74, 6) is 0.529. The van der Waals surface area contributed by atoms with E-state index in [-0.39, 0.29) is 6.10 Å². The molecule has 0 bridgehead atoms. The van der Waals surface area contributed by atoms with Crippen LogP contribution >= 0.6 is 0 Å². The Bertz CT molecular complexity index is 547. The van der Waals surface area contributed by atoms with Crippen LogP contribution < -0.4 is 5.73 Å². The quantitative estimate of drug-likeness (QED) is 0.738. The van der Waals surface area contributed by atoms with E-state index in [1.54, 1.807) is 0 Å². The lowest BCUT2D eigenvalue weighted by molar-refractivity contribution is 0.0501. The number of nitrogens with zero attached hydrogens (tertiary/aromatic N) is 3. The number of hydrogen-bond acceptors (Lipinski definition) is 5. The highest BCUT2D eigenvalue weighted by Gasteiger charge is 2.30. The predicted octanol–water partition coefficient (Wildman–Crippen LogP) is 1.65. The highest BCUT2D eigenvalue weighted by atomic mass is 16.3. The summed E-state index contributed by atoms with van der Waals surface area (Å²) in [6, 6.07) is 0.348. The SMILES string of the molecule is CC.CO.Cc1cn(C2CC(O)C2)c2ncnc(N)c12. The van der Waals surface area contributed by atoms with Gasteiger partial charge in [-0.05, 0) is 25.3 Å². The lowest BCUT2D eigenvalue weighted by Gasteiger charge is -2.32. The Balaban J connectivity index is 0.000000461. The third-order valence-corrected chi connectivity index (χ3v) is 3.31. The van der Waals surface area contributed by atoms with Crippen molar-refractivity contribution in [2.45, 2.75) is 45.8 Å². The molecule has 4 N–H and O–H groups in total. The molecular formula is C14H24N4O2. The van der Waals surface area contributed by atoms with E-state index >= 15 is 0 Å². The number of anilines is 1. The second kappa shape index (κ2) is 7.21. The lowest BCUT2D eigenvalue weighted by atomic mass is 9.89. The molecule has 2 aromatic heterocycles. The molecule has 6 heteroatoms. The van der Waals surface area contributed by atoms with Crippen molar-refractivity contribution < 1.29 is 10.2 Å². The molecule has 1 fully saturated rings. The van der Waals surface area contributed by atoms with Gasteiger partial charge in [-0.15, -0.1) is 0 Å². The van der Waals surface area contributed by atoms with E-state index in [1.165, 1.54) is 6.33 Å². The Morgan fingerprint density at radius 2 is 1.85 bits per heavy atom. The number of fused-ring (bicyclic) bond motifs is 1. The van der Waals surface area contributed by atoms with Crippen LogP contribution in [0, 0.1) is 6.92 Å². The molecule has 2 aromatic rings. The molecule has 0 radical (unpaired) electrons. The van der Waals surface area contributed by atoms with Crippen molar-refractivity contribution in [3.8, 4) is 0 Å². The van der Waals surface area contributed by atoms with Gasteiger partial charge in [0.25, 0.3) is 0 Å². The first-order valence-corrected chi connectivity index (χ1v) is 6.87. The van der Waals surface area contributed by atoms with E-state index in [1.807, 2.05) is 27.0 Å². The molecule has 0 aromatic carbocycles. The van der Waals surface area contributed by atoms with E-state index in [0.29, 0.717) is 11.9 Å². The molecule has 20 heavy (non-hydrogen) atoms. The van der Waals surface area contributed by atoms with Crippen LogP contribution in [0.15, 0.2) is 12.5 Å². The van der Waals surface area contributed by atoms with Gasteiger partial charge in [0.05, 0.1) is 11.5 Å². The summed E-state index contributed by atoms with van der Waals surface area (Å²) >= 11 is 0. The molecular weight excluding hydrogens is 256 g/mol. The third kappa shape index (κ3) is 2.91. The van der Waals surface area contributed by atoms with Gasteiger partial charge in [0.1, 0.15) is 17.8 Å². The number of aryl methyl sites for hydroxylation is 1. The fourth-order valence-electron chi connectivity index (χ4n) is 2.36. The van der Waals surface area contributed by atoms with Crippen molar-refractivity contribution >= 4 is 16.9 Å². The molecule has 6 nitrogen and oxygen atoms in total. The molecule has 3 rings (SSSR count). The normalized spacial score (nSPS) is 20.3. The molecule has 0 amide bonds. The van der Waals surface area contributed by atoms with Crippen molar-refractivity contribution in [3.63, 3.8) is 0 Å². The Hall–Kier alpha value is -1.66. The van der Waals surface area contributed by atoms with Gasteiger partial charge in [0, 0.05) is 19.3 Å². The fourth-order valence-corrected chi connectivity index (χ4v) is 2.36. The van der Waals surface area contributed by atoms with Crippen LogP contribution in [0.3, 0.4) is 0 Å². The van der Waals surface area contributed by atoms with Crippen molar-refractivity contribution in [2.75, 3.05) is 12.8 Å². The van der Waals surface area contributed by atoms with Crippen LogP contribution in [0.25, 0.3) is 11.0 Å². The average molecular weight is 280 g/mol. The maximum Gasteiger partial charge on any atom is 0.145 e. The summed E-state index contributed by atoms with van der Waals surface area (Å²) in [6.07, 6.45) is 4.97. The molecule has 0 atom stereocenters. The summed E-state index contributed by atoms with van der Waals surface area (Å²) in [6.45, 7) is 6.01. The standard InChI is InChI=1S/C11H14N4O.C2H6.CH4O/c1-6-4-15(7-2-8(16)3-7)11-9(6)10(12)13-5-14-11;2*1-2/h4-5,7-8,16H,2-3H2,1H3,(H2,12,13,14);1-2H3;2H,1H3. The van der Waals surface area contributed by atoms with E-state index in [2.05, 4.69) is 14.5 Å². The molecule has 0 aliphatic heterocycles. The van der Waals surface area contributed by atoms with Gasteiger partial charge >= 0.3 is 0 Å². The zero-order valence-corrected chi connectivity index (χ0v) is 12.5. The molecule has 1 aliphatic carbocycles. The molecule has 112 valence electrons. The summed E-state index contributed by atoms with van der Waals surface area (Å²) in [4.78, 5) is 8.28. The molecule has 0 spiro atoms. The lowest BCUT2D eigenvalue weighted by Crippen LogP contribution is -2.30. The minimum Gasteiger partial charge on any atom is -0.400 e. The van der Waals surface area contributed by atoms with E-state index in [9.17, 15) is 5.11 Å². The highest BCUT2D eigenvalue weighted by Crippen LogP contribution is 2.36. The first-order chi connectivity index (χ1) is 9.66. The van der Waals surface area contributed by atoms with Crippen molar-refractivity contribution in [1.29, 1.82) is 0 Å². The molecule has 1 saturated carbocycles. The Morgan fingerprint density at radius 1 is 1.25 bits per heavy atom. The predicted molar refractivity (Wildman–Crippen MR) is 80.4 cm³/mol. The molecule has 0 saturated heterocycles. The number of aliphatic hydroxyl groups is 2. The van der Waals surface area contributed by atoms with Crippen LogP contribution in [-0.2, 0) is 0 Å². The number of rotatable bonds is 1. The smallest absolute Gasteiger partial charge is 0.145 e. The minimum absolute atomic E-state index is 0.165. The van der Waals surface area contributed by atoms with Crippen LogP contribution in [-0.4, -0.2) is 38.0 Å². The Labute approximate surface area is 119 Å². The van der Waals surface area contributed by atoms with E-state index in [0.717, 1.165) is 36.5 Å². The first kappa shape index (κ1) is 16.4. The highest BCUT2D eigenvalue weighted by molar-refractivity contribution is 5.89. The van der Waals surface area contributed by atoms with Gasteiger partial charge in [-0.2, -0.15) is 0 Å². The summed E-state index contributed by atoms with van der Waals surface area (Å²) in [5.41, 5.74) is 7.81. The Kier molecular flexibility index (Phi) is 5.91. The zero-order chi connectivity index (χ0) is 15.3. The second-order valence-electron chi connectivity index (χ2n) is 4.46. The minimum atomic E-state index is -0.165. The van der Waals surface area contributed by atoms with Crippen LogP contribution in [0.1, 0.15) is 38.3 Å². The largest absolute Gasteiger partial charge is 0.400 e. The van der Waals surface area contributed by atoms with Crippen LogP contribution in [0.2, 0.25) is 0 Å². The van der Waals surface area contributed by atoms with Crippen molar-refractivity contribution in [3.05, 3.63) is 18.1 Å². The van der Waals surface area contributed by atoms with Gasteiger partial charge in [-0.1, -0.05) is 13.8 Å². The maximum atomic E-state index is 9.34. The van der Waals surface area contributed by atoms with Gasteiger partial charge < -0.3 is 20.5 Å². The van der Waals surface area contributed by atoms with Crippen molar-refractivity contribution in [1.82, 2.24) is 14.5 Å². The van der Waals surface area contributed by atoms with E-state index in [4.69, 9.17) is 10.8 Å². The zero-order valence-electron chi connectivity index (χ0n) is 12.5.